The summed E-state index contributed by atoms with van der Waals surface area (Å²) >= 11 is 0. The van der Waals surface area contributed by atoms with E-state index in [4.69, 9.17) is 17.0 Å². The minimum atomic E-state index is 0.0332. The highest BCUT2D eigenvalue weighted by atomic mass is 16.5. The van der Waals surface area contributed by atoms with Crippen molar-refractivity contribution in [1.29, 1.82) is 0 Å². The van der Waals surface area contributed by atoms with Crippen LogP contribution in [0.15, 0.2) is 18.2 Å². The van der Waals surface area contributed by atoms with E-state index >= 15 is 0 Å². The molecular formula is C13H18N2O. The molecule has 0 saturated heterocycles. The molecule has 0 aromatic heterocycles. The van der Waals surface area contributed by atoms with Crippen LogP contribution in [0.2, 0.25) is 0 Å². The second-order valence-corrected chi connectivity index (χ2v) is 3.71. The van der Waals surface area contributed by atoms with Crippen LogP contribution in [0.25, 0.3) is 0 Å². The Bertz CT molecular complexity index is 382. The highest BCUT2D eigenvalue weighted by molar-refractivity contribution is 5.39. The van der Waals surface area contributed by atoms with Gasteiger partial charge in [0.2, 0.25) is 0 Å². The predicted molar refractivity (Wildman–Crippen MR) is 65.9 cm³/mol. The number of hydrogen-bond donors (Lipinski definition) is 2. The second-order valence-electron chi connectivity index (χ2n) is 3.71. The Morgan fingerprint density at radius 3 is 2.88 bits per heavy atom. The quantitative estimate of drug-likeness (QED) is 0.451. The molecule has 0 spiro atoms. The highest BCUT2D eigenvalue weighted by Gasteiger charge is 2.14. The number of ether oxygens (including phenoxy) is 1. The number of rotatable bonds is 5. The molecule has 1 atom stereocenters. The smallest absolute Gasteiger partial charge is 0.123 e. The van der Waals surface area contributed by atoms with Gasteiger partial charge >= 0.3 is 0 Å². The molecule has 0 heterocycles. The number of methoxy groups -OCH3 is 1. The standard InChI is InChI=1S/C13H18N2O/c1-4-5-6-12(15-14)11-9-10(2)7-8-13(11)16-3/h1,7-9,12,15H,5-6,14H2,2-3H3. The van der Waals surface area contributed by atoms with Gasteiger partial charge in [-0.1, -0.05) is 17.7 Å². The van der Waals surface area contributed by atoms with Gasteiger partial charge in [0.1, 0.15) is 5.75 Å². The zero-order valence-electron chi connectivity index (χ0n) is 9.79. The lowest BCUT2D eigenvalue weighted by Crippen LogP contribution is -2.28. The maximum atomic E-state index is 5.55. The number of nitrogens with two attached hydrogens (primary N) is 1. The summed E-state index contributed by atoms with van der Waals surface area (Å²) in [5.74, 6) is 9.00. The first-order valence-electron chi connectivity index (χ1n) is 5.27. The average molecular weight is 218 g/mol. The van der Waals surface area contributed by atoms with Crippen LogP contribution >= 0.6 is 0 Å². The molecule has 0 bridgehead atoms. The average Bonchev–Trinajstić information content (AvgIpc) is 2.30. The molecule has 3 N–H and O–H groups in total. The summed E-state index contributed by atoms with van der Waals surface area (Å²) < 4.78 is 5.32. The van der Waals surface area contributed by atoms with Crippen molar-refractivity contribution in [2.75, 3.05) is 7.11 Å². The lowest BCUT2D eigenvalue weighted by molar-refractivity contribution is 0.396. The normalized spacial score (nSPS) is 11.9. The number of hydrazine groups is 1. The first kappa shape index (κ1) is 12.6. The van der Waals surface area contributed by atoms with Crippen LogP contribution in [0, 0.1) is 19.3 Å². The van der Waals surface area contributed by atoms with Crippen molar-refractivity contribution in [3.8, 4) is 18.1 Å². The predicted octanol–water partition coefficient (Wildman–Crippen LogP) is 1.92. The first-order valence-corrected chi connectivity index (χ1v) is 5.27. The lowest BCUT2D eigenvalue weighted by atomic mass is 10.00. The minimum Gasteiger partial charge on any atom is -0.496 e. The Balaban J connectivity index is 2.98. The first-order chi connectivity index (χ1) is 7.72. The zero-order chi connectivity index (χ0) is 12.0. The van der Waals surface area contributed by atoms with Crippen LogP contribution in [0.5, 0.6) is 5.75 Å². The summed E-state index contributed by atoms with van der Waals surface area (Å²) in [5, 5.41) is 0. The van der Waals surface area contributed by atoms with Crippen molar-refractivity contribution in [1.82, 2.24) is 5.43 Å². The van der Waals surface area contributed by atoms with E-state index in [9.17, 15) is 0 Å². The number of nitrogens with one attached hydrogen (secondary N) is 1. The fraction of sp³-hybridized carbons (Fsp3) is 0.385. The van der Waals surface area contributed by atoms with Gasteiger partial charge < -0.3 is 4.74 Å². The van der Waals surface area contributed by atoms with Gasteiger partial charge in [-0.25, -0.2) is 0 Å². The van der Waals surface area contributed by atoms with Gasteiger partial charge in [-0.2, -0.15) is 0 Å². The third-order valence-corrected chi connectivity index (χ3v) is 2.54. The molecule has 0 aliphatic carbocycles. The van der Waals surface area contributed by atoms with Gasteiger partial charge in [0.25, 0.3) is 0 Å². The molecule has 0 fully saturated rings. The SMILES string of the molecule is C#CCCC(NN)c1cc(C)ccc1OC. The summed E-state index contributed by atoms with van der Waals surface area (Å²) in [6.45, 7) is 2.04. The van der Waals surface area contributed by atoms with E-state index in [0.29, 0.717) is 6.42 Å². The lowest BCUT2D eigenvalue weighted by Gasteiger charge is -2.18. The number of terminal acetylenes is 1. The van der Waals surface area contributed by atoms with Crippen LogP contribution in [-0.4, -0.2) is 7.11 Å². The highest BCUT2D eigenvalue weighted by Crippen LogP contribution is 2.28. The molecule has 0 amide bonds. The van der Waals surface area contributed by atoms with E-state index < -0.39 is 0 Å². The Kier molecular flexibility index (Phi) is 4.84. The van der Waals surface area contributed by atoms with Crippen molar-refractivity contribution >= 4 is 0 Å². The fourth-order valence-corrected chi connectivity index (χ4v) is 1.68. The topological polar surface area (TPSA) is 47.3 Å². The Morgan fingerprint density at radius 1 is 1.56 bits per heavy atom. The van der Waals surface area contributed by atoms with Crippen molar-refractivity contribution < 1.29 is 4.74 Å². The molecule has 3 nitrogen and oxygen atoms in total. The number of aryl methyl sites for hydroxylation is 1. The molecule has 1 aromatic carbocycles. The Morgan fingerprint density at radius 2 is 2.31 bits per heavy atom. The van der Waals surface area contributed by atoms with Gasteiger partial charge in [-0.05, 0) is 19.4 Å². The van der Waals surface area contributed by atoms with Crippen molar-refractivity contribution in [3.63, 3.8) is 0 Å². The summed E-state index contributed by atoms with van der Waals surface area (Å²) in [6, 6.07) is 6.06. The molecule has 0 saturated carbocycles. The molecule has 0 aliphatic heterocycles. The summed E-state index contributed by atoms with van der Waals surface area (Å²) in [6.07, 6.45) is 6.75. The monoisotopic (exact) mass is 218 g/mol. The van der Waals surface area contributed by atoms with Gasteiger partial charge in [0.15, 0.2) is 0 Å². The second kappa shape index (κ2) is 6.16. The fourth-order valence-electron chi connectivity index (χ4n) is 1.68. The van der Waals surface area contributed by atoms with Gasteiger partial charge in [-0.15, -0.1) is 12.3 Å². The van der Waals surface area contributed by atoms with Crippen LogP contribution in [-0.2, 0) is 0 Å². The molecule has 0 radical (unpaired) electrons. The van der Waals surface area contributed by atoms with E-state index in [2.05, 4.69) is 17.4 Å². The molecule has 1 unspecified atom stereocenters. The van der Waals surface area contributed by atoms with Crippen LogP contribution in [0.3, 0.4) is 0 Å². The van der Waals surface area contributed by atoms with E-state index in [0.717, 1.165) is 17.7 Å². The van der Waals surface area contributed by atoms with Gasteiger partial charge in [0.05, 0.1) is 13.2 Å². The van der Waals surface area contributed by atoms with Crippen LogP contribution in [0.4, 0.5) is 0 Å². The third-order valence-electron chi connectivity index (χ3n) is 2.54. The molecule has 3 heteroatoms. The summed E-state index contributed by atoms with van der Waals surface area (Å²) in [7, 11) is 1.66. The molecule has 16 heavy (non-hydrogen) atoms. The number of benzene rings is 1. The molecule has 1 aromatic rings. The van der Waals surface area contributed by atoms with E-state index in [1.54, 1.807) is 7.11 Å². The maximum Gasteiger partial charge on any atom is 0.123 e. The summed E-state index contributed by atoms with van der Waals surface area (Å²) in [5.41, 5.74) is 5.01. The van der Waals surface area contributed by atoms with E-state index in [1.165, 1.54) is 5.56 Å². The van der Waals surface area contributed by atoms with Gasteiger partial charge in [-0.3, -0.25) is 11.3 Å². The summed E-state index contributed by atoms with van der Waals surface area (Å²) in [4.78, 5) is 0. The molecule has 86 valence electrons. The van der Waals surface area contributed by atoms with E-state index in [1.807, 2.05) is 19.1 Å². The van der Waals surface area contributed by atoms with E-state index in [-0.39, 0.29) is 6.04 Å². The molecule has 1 rings (SSSR count). The number of hydrogen-bond acceptors (Lipinski definition) is 3. The van der Waals surface area contributed by atoms with Crippen LogP contribution in [0.1, 0.15) is 30.0 Å². The van der Waals surface area contributed by atoms with Crippen LogP contribution < -0.4 is 16.0 Å². The minimum absolute atomic E-state index is 0.0332. The zero-order valence-corrected chi connectivity index (χ0v) is 9.79. The Labute approximate surface area is 97.0 Å². The van der Waals surface area contributed by atoms with Crippen molar-refractivity contribution in [3.05, 3.63) is 29.3 Å². The molecule has 0 aliphatic rings. The van der Waals surface area contributed by atoms with Crippen molar-refractivity contribution in [2.45, 2.75) is 25.8 Å². The van der Waals surface area contributed by atoms with Crippen molar-refractivity contribution in [2.24, 2.45) is 5.84 Å². The molecular weight excluding hydrogens is 200 g/mol. The maximum absolute atomic E-state index is 5.55. The van der Waals surface area contributed by atoms with Gasteiger partial charge in [0, 0.05) is 12.0 Å². The third kappa shape index (κ3) is 2.99. The Hall–Kier alpha value is -1.50. The largest absolute Gasteiger partial charge is 0.496 e.